The number of hydrogen-bond acceptors (Lipinski definition) is 2. The Balaban J connectivity index is 2.29. The van der Waals surface area contributed by atoms with Crippen molar-refractivity contribution in [1.29, 1.82) is 0 Å². The molecule has 0 aliphatic heterocycles. The van der Waals surface area contributed by atoms with Crippen molar-refractivity contribution in [1.82, 2.24) is 0 Å². The molecular weight excluding hydrogens is 633 g/mol. The van der Waals surface area contributed by atoms with Gasteiger partial charge in [-0.25, -0.2) is 0 Å². The molecule has 52 heavy (non-hydrogen) atoms. The molecular formula is C50H68O2. The molecule has 2 atom stereocenters. The first-order chi connectivity index (χ1) is 23.8. The van der Waals surface area contributed by atoms with Crippen molar-refractivity contribution < 1.29 is 9.59 Å². The Hall–Kier alpha value is -3.52. The van der Waals surface area contributed by atoms with E-state index in [1.807, 2.05) is 13.8 Å². The van der Waals surface area contributed by atoms with Gasteiger partial charge in [-0.05, 0) is 223 Å². The van der Waals surface area contributed by atoms with E-state index in [-0.39, 0.29) is 23.4 Å². The van der Waals surface area contributed by atoms with E-state index in [4.69, 9.17) is 0 Å². The maximum Gasteiger partial charge on any atom is 0.186 e. The van der Waals surface area contributed by atoms with Gasteiger partial charge in [0.1, 0.15) is 0 Å². The fraction of sp³-hybridized carbons (Fsp3) is 0.520. The maximum atomic E-state index is 14.9. The first-order valence-corrected chi connectivity index (χ1v) is 19.5. The van der Waals surface area contributed by atoms with Crippen LogP contribution in [0.3, 0.4) is 0 Å². The predicted molar refractivity (Wildman–Crippen MR) is 224 cm³/mol. The molecule has 0 spiro atoms. The van der Waals surface area contributed by atoms with Crippen LogP contribution in [0, 0.1) is 81.1 Å². The molecule has 2 aromatic carbocycles. The Morgan fingerprint density at radius 3 is 0.750 bits per heavy atom. The topological polar surface area (TPSA) is 34.1 Å². The summed E-state index contributed by atoms with van der Waals surface area (Å²) in [6, 6.07) is 0. The second kappa shape index (κ2) is 13.7. The van der Waals surface area contributed by atoms with Crippen LogP contribution in [0.2, 0.25) is 0 Å². The number of Topliss-reactive ketones (excluding diaryl/α,β-unsaturated/α-hetero) is 2. The molecule has 0 amide bonds. The summed E-state index contributed by atoms with van der Waals surface area (Å²) in [6.07, 6.45) is 0. The quantitative estimate of drug-likeness (QED) is 0.301. The zero-order valence-corrected chi connectivity index (χ0v) is 37.0. The molecule has 0 N–H and O–H groups in total. The van der Waals surface area contributed by atoms with Gasteiger partial charge in [-0.1, -0.05) is 41.5 Å². The summed E-state index contributed by atoms with van der Waals surface area (Å²) < 4.78 is 0. The molecule has 2 aliphatic rings. The van der Waals surface area contributed by atoms with Crippen LogP contribution in [0.5, 0.6) is 0 Å². The predicted octanol–water partition coefficient (Wildman–Crippen LogP) is 13.1. The van der Waals surface area contributed by atoms with Crippen LogP contribution >= 0.6 is 0 Å². The highest BCUT2D eigenvalue weighted by Gasteiger charge is 2.48. The number of hydrogen-bond donors (Lipinski definition) is 0. The van der Waals surface area contributed by atoms with Crippen LogP contribution in [0.4, 0.5) is 0 Å². The monoisotopic (exact) mass is 701 g/mol. The Kier molecular flexibility index (Phi) is 10.9. The highest BCUT2D eigenvalue weighted by molar-refractivity contribution is 6.15. The molecule has 0 bridgehead atoms. The lowest BCUT2D eigenvalue weighted by Gasteiger charge is -2.44. The minimum atomic E-state index is -0.540. The molecule has 0 radical (unpaired) electrons. The first-order valence-electron chi connectivity index (χ1n) is 19.5. The van der Waals surface area contributed by atoms with Gasteiger partial charge in [0.25, 0.3) is 0 Å². The normalized spacial score (nSPS) is 19.9. The molecule has 2 nitrogen and oxygen atoms in total. The molecule has 0 saturated heterocycles. The van der Waals surface area contributed by atoms with Crippen LogP contribution in [-0.4, -0.2) is 11.6 Å². The fourth-order valence-corrected chi connectivity index (χ4v) is 10.2. The Bertz CT molecular complexity index is 1920. The van der Waals surface area contributed by atoms with Gasteiger partial charge < -0.3 is 0 Å². The Morgan fingerprint density at radius 2 is 0.538 bits per heavy atom. The summed E-state index contributed by atoms with van der Waals surface area (Å²) in [5.41, 5.74) is 24.2. The largest absolute Gasteiger partial charge is 0.289 e. The molecule has 2 heteroatoms. The summed E-state index contributed by atoms with van der Waals surface area (Å²) in [7, 11) is 0. The number of ketones is 2. The van der Waals surface area contributed by atoms with Crippen LogP contribution in [0.15, 0.2) is 55.7 Å². The lowest BCUT2D eigenvalue weighted by molar-refractivity contribution is -0.114. The summed E-state index contributed by atoms with van der Waals surface area (Å²) in [6.45, 7) is 48.7. The van der Waals surface area contributed by atoms with E-state index in [0.29, 0.717) is 0 Å². The maximum absolute atomic E-state index is 14.9. The number of benzene rings is 2. The summed E-state index contributed by atoms with van der Waals surface area (Å²) in [5.74, 6) is 0.585. The molecule has 0 saturated carbocycles. The third kappa shape index (κ3) is 5.48. The van der Waals surface area contributed by atoms with Crippen molar-refractivity contribution in [3.63, 3.8) is 0 Å². The van der Waals surface area contributed by atoms with Gasteiger partial charge in [-0.3, -0.25) is 9.59 Å². The zero-order chi connectivity index (χ0) is 40.0. The van der Waals surface area contributed by atoms with Gasteiger partial charge in [0.05, 0.1) is 0 Å². The molecule has 280 valence electrons. The van der Waals surface area contributed by atoms with Gasteiger partial charge >= 0.3 is 0 Å². The molecule has 0 aromatic heterocycles. The highest BCUT2D eigenvalue weighted by Crippen LogP contribution is 2.54. The van der Waals surface area contributed by atoms with Gasteiger partial charge in [-0.15, -0.1) is 0 Å². The minimum absolute atomic E-state index is 0.140. The van der Waals surface area contributed by atoms with Gasteiger partial charge in [0, 0.05) is 33.1 Å². The lowest BCUT2D eigenvalue weighted by atomic mass is 9.58. The summed E-state index contributed by atoms with van der Waals surface area (Å²) >= 11 is 0. The van der Waals surface area contributed by atoms with Gasteiger partial charge in [0.15, 0.2) is 11.6 Å². The highest BCUT2D eigenvalue weighted by atomic mass is 16.1. The van der Waals surface area contributed by atoms with E-state index < -0.39 is 10.8 Å². The standard InChI is InChI=1S/C50H68O2/c1-23(2)49(21,43-33(13)27(7)25(5)28(8)34(43)14)45-39(19)41(31(11)37(17)47(45)51)42-32(12)38(18)48(52)46(40(42)20)50(22,24(3)4)44-35(15)29(9)26(6)30(10)36(44)16/h23-24H,1-22H3/b42-41+. The third-order valence-electron chi connectivity index (χ3n) is 15.1. The van der Waals surface area contributed by atoms with E-state index in [1.165, 1.54) is 66.8 Å². The fourth-order valence-electron chi connectivity index (χ4n) is 10.2. The molecule has 0 heterocycles. The first kappa shape index (κ1) is 41.2. The van der Waals surface area contributed by atoms with Crippen molar-refractivity contribution in [3.05, 3.63) is 122 Å². The van der Waals surface area contributed by atoms with E-state index >= 15 is 0 Å². The SMILES string of the molecule is CC1=C(C)/C(=C2/C(C)=C(C)C(=O)C(C(C)(c3c(C)c(C)c(C)c(C)c3C)C(C)C)=C2C)C(C)=C(C(C)(c2c(C)c(C)c(C)c(C)c2C)C(C)C)C1=O. The van der Waals surface area contributed by atoms with Crippen molar-refractivity contribution in [2.75, 3.05) is 0 Å². The van der Waals surface area contributed by atoms with E-state index in [9.17, 15) is 9.59 Å². The van der Waals surface area contributed by atoms with Crippen LogP contribution in [0.25, 0.3) is 0 Å². The Labute approximate surface area is 317 Å². The molecule has 2 unspecified atom stereocenters. The van der Waals surface area contributed by atoms with Crippen LogP contribution < -0.4 is 0 Å². The average Bonchev–Trinajstić information content (AvgIpc) is 3.07. The number of carbonyl (C=O) groups excluding carboxylic acids is 2. The second-order valence-electron chi connectivity index (χ2n) is 17.6. The van der Waals surface area contributed by atoms with Gasteiger partial charge in [-0.2, -0.15) is 0 Å². The molecule has 0 fully saturated rings. The number of allylic oxidation sites excluding steroid dienone is 10. The smallest absolute Gasteiger partial charge is 0.186 e. The van der Waals surface area contributed by atoms with E-state index in [0.717, 1.165) is 55.7 Å². The number of carbonyl (C=O) groups is 2. The van der Waals surface area contributed by atoms with Crippen molar-refractivity contribution in [2.24, 2.45) is 11.8 Å². The van der Waals surface area contributed by atoms with Crippen molar-refractivity contribution in [3.8, 4) is 0 Å². The van der Waals surface area contributed by atoms with Crippen molar-refractivity contribution >= 4 is 11.6 Å². The average molecular weight is 701 g/mol. The summed E-state index contributed by atoms with van der Waals surface area (Å²) in [5, 5.41) is 0. The number of rotatable bonds is 6. The lowest BCUT2D eigenvalue weighted by Crippen LogP contribution is -2.40. The zero-order valence-electron chi connectivity index (χ0n) is 37.0. The molecule has 2 aromatic rings. The van der Waals surface area contributed by atoms with Crippen LogP contribution in [0.1, 0.15) is 150 Å². The van der Waals surface area contributed by atoms with E-state index in [1.54, 1.807) is 0 Å². The third-order valence-corrected chi connectivity index (χ3v) is 15.1. The molecule has 2 aliphatic carbocycles. The summed E-state index contributed by atoms with van der Waals surface area (Å²) in [4.78, 5) is 29.8. The minimum Gasteiger partial charge on any atom is -0.289 e. The second-order valence-corrected chi connectivity index (χ2v) is 17.6. The van der Waals surface area contributed by atoms with E-state index in [2.05, 4.69) is 138 Å². The Morgan fingerprint density at radius 1 is 0.327 bits per heavy atom. The van der Waals surface area contributed by atoms with Gasteiger partial charge in [0.2, 0.25) is 0 Å². The van der Waals surface area contributed by atoms with Crippen molar-refractivity contribution in [2.45, 2.75) is 163 Å². The molecule has 4 rings (SSSR count). The van der Waals surface area contributed by atoms with Crippen LogP contribution in [-0.2, 0) is 20.4 Å².